The molecule has 0 saturated heterocycles. The number of carboxylic acids is 2. The van der Waals surface area contributed by atoms with Crippen molar-refractivity contribution in [1.82, 2.24) is 35.2 Å². The second kappa shape index (κ2) is 18.7. The normalized spacial score (nSPS) is 16.9. The van der Waals surface area contributed by atoms with Crippen LogP contribution in [-0.2, 0) is 65.9 Å². The van der Waals surface area contributed by atoms with Crippen LogP contribution in [0.3, 0.4) is 0 Å². The Morgan fingerprint density at radius 2 is 1.51 bits per heavy atom. The van der Waals surface area contributed by atoms with Gasteiger partial charge in [-0.15, -0.1) is 0 Å². The molecule has 1 fully saturated rings. The van der Waals surface area contributed by atoms with Gasteiger partial charge in [-0.3, -0.25) is 14.2 Å². The number of pyridine rings is 1. The quantitative estimate of drug-likeness (QED) is 0.0514. The summed E-state index contributed by atoms with van der Waals surface area (Å²) >= 11 is 6.55. The summed E-state index contributed by atoms with van der Waals surface area (Å²) in [6, 6.07) is 1.97. The fourth-order valence-electron chi connectivity index (χ4n) is 8.27. The lowest BCUT2D eigenvalue weighted by Gasteiger charge is -2.26. The average molecular weight is 1130 g/mol. The van der Waals surface area contributed by atoms with Crippen molar-refractivity contribution in [2.75, 3.05) is 16.8 Å². The number of hydrogen-bond donors (Lipinski definition) is 4. The molecule has 0 spiro atoms. The van der Waals surface area contributed by atoms with E-state index in [0.717, 1.165) is 42.7 Å². The second-order valence-electron chi connectivity index (χ2n) is 18.2. The maximum Gasteiger partial charge on any atom is 0.435 e. The summed E-state index contributed by atoms with van der Waals surface area (Å²) in [4.78, 5) is 56.4. The van der Waals surface area contributed by atoms with Crippen molar-refractivity contribution < 1.29 is 90.1 Å². The molecule has 1 saturated carbocycles. The first kappa shape index (κ1) is 55.7. The number of hydrogen-bond acceptors (Lipinski definition) is 11. The van der Waals surface area contributed by atoms with E-state index in [-0.39, 0.29) is 31.3 Å². The monoisotopic (exact) mass is 1130 g/mol. The van der Waals surface area contributed by atoms with Gasteiger partial charge in [0, 0.05) is 34.9 Å². The van der Waals surface area contributed by atoms with Gasteiger partial charge in [0.15, 0.2) is 21.3 Å². The number of carbonyl (C=O) groups is 4. The van der Waals surface area contributed by atoms with Crippen LogP contribution in [-0.4, -0.2) is 104 Å². The molecule has 4 N–H and O–H groups in total. The van der Waals surface area contributed by atoms with E-state index in [2.05, 4.69) is 32.3 Å². The Labute approximate surface area is 422 Å². The zero-order valence-electron chi connectivity index (χ0n) is 38.9. The maximum atomic E-state index is 15.6. The maximum absolute atomic E-state index is 15.6. The Bertz CT molecular complexity index is 3520. The molecule has 3 aromatic heterocycles. The summed E-state index contributed by atoms with van der Waals surface area (Å²) in [5.74, 6) is -11.2. The molecule has 0 aliphatic heterocycles. The van der Waals surface area contributed by atoms with Gasteiger partial charge < -0.3 is 20.8 Å². The lowest BCUT2D eigenvalue weighted by atomic mass is 9.93. The third-order valence-corrected chi connectivity index (χ3v) is 15.5. The van der Waals surface area contributed by atoms with Crippen molar-refractivity contribution in [2.45, 2.75) is 87.2 Å². The van der Waals surface area contributed by atoms with E-state index < -0.39 is 177 Å². The summed E-state index contributed by atoms with van der Waals surface area (Å²) in [6.45, 7) is -0.698. The number of aliphatic carboxylic acids is 2. The highest BCUT2D eigenvalue weighted by molar-refractivity contribution is 7.93. The SMILES string of the molecule is CC(NC(=O)N(c1nn(CC(F)(F)F)c2c(-c3ccc(C#CC(C)(C)S(C)(=O)=O)nc3[C@H](Cc3cc(F)cc(F)c3)NC(=O)Cn3nc(C(F)(F)F)c4c3C(F)(F)[C@@H]3C[C@H]43)ccc(Cl)c12)S(C)(=O)=O)(C(=O)O)C(=O)O. The minimum absolute atomic E-state index is 0.0772. The number of sulfonamides is 1. The number of amides is 3. The Balaban J connectivity index is 1.50. The third-order valence-electron chi connectivity index (χ3n) is 12.2. The van der Waals surface area contributed by atoms with Gasteiger partial charge in [-0.2, -0.15) is 49.6 Å². The smallest absolute Gasteiger partial charge is 0.435 e. The van der Waals surface area contributed by atoms with Crippen LogP contribution in [0.25, 0.3) is 22.0 Å². The predicted octanol–water partition coefficient (Wildman–Crippen LogP) is 6.69. The lowest BCUT2D eigenvalue weighted by molar-refractivity contribution is -0.157. The molecule has 0 bridgehead atoms. The molecule has 7 rings (SSSR count). The van der Waals surface area contributed by atoms with Crippen LogP contribution in [0.5, 0.6) is 0 Å². The average Bonchev–Trinajstić information content (AvgIpc) is 3.76. The number of carboxylic acid groups (broad SMARTS) is 2. The Kier molecular flexibility index (Phi) is 13.9. The first-order valence-corrected chi connectivity index (χ1v) is 25.5. The van der Waals surface area contributed by atoms with Crippen molar-refractivity contribution in [1.29, 1.82) is 0 Å². The fraction of sp³-hybridized carbons (Fsp3) is 0.386. The lowest BCUT2D eigenvalue weighted by Crippen LogP contribution is -2.61. The number of anilines is 1. The van der Waals surface area contributed by atoms with E-state index >= 15 is 8.78 Å². The van der Waals surface area contributed by atoms with Crippen LogP contribution in [0.4, 0.5) is 54.5 Å². The minimum Gasteiger partial charge on any atom is -0.479 e. The Morgan fingerprint density at radius 3 is 2.05 bits per heavy atom. The molecular weight excluding hydrogens is 1090 g/mol. The van der Waals surface area contributed by atoms with Crippen LogP contribution in [0, 0.1) is 29.4 Å². The summed E-state index contributed by atoms with van der Waals surface area (Å²) in [6.07, 6.45) is -10.5. The summed E-state index contributed by atoms with van der Waals surface area (Å²) < 4.78 is 197. The molecule has 3 atom stereocenters. The van der Waals surface area contributed by atoms with Gasteiger partial charge in [-0.05, 0) is 81.3 Å². The highest BCUT2D eigenvalue weighted by atomic mass is 35.5. The number of halogens is 11. The molecule has 2 aliphatic carbocycles. The van der Waals surface area contributed by atoms with Gasteiger partial charge in [0.2, 0.25) is 21.5 Å². The number of carbonyl (C=O) groups excluding carboxylic acids is 2. The molecule has 31 heteroatoms. The molecule has 18 nitrogen and oxygen atoms in total. The number of benzene rings is 2. The van der Waals surface area contributed by atoms with Crippen LogP contribution >= 0.6 is 11.6 Å². The minimum atomic E-state index is -5.28. The molecule has 5 aromatic rings. The van der Waals surface area contributed by atoms with Crippen LogP contribution in [0.2, 0.25) is 5.02 Å². The van der Waals surface area contributed by atoms with Crippen LogP contribution < -0.4 is 14.9 Å². The summed E-state index contributed by atoms with van der Waals surface area (Å²) in [5, 5.41) is 28.7. The van der Waals surface area contributed by atoms with Gasteiger partial charge in [0.25, 0.3) is 5.92 Å². The van der Waals surface area contributed by atoms with E-state index in [1.165, 1.54) is 19.2 Å². The van der Waals surface area contributed by atoms with E-state index in [1.807, 2.05) is 0 Å². The number of sulfone groups is 1. The number of nitrogens with zero attached hydrogens (tertiary/aromatic N) is 6. The van der Waals surface area contributed by atoms with Crippen molar-refractivity contribution in [3.8, 4) is 23.0 Å². The topological polar surface area (TPSA) is 253 Å². The highest BCUT2D eigenvalue weighted by Gasteiger charge is 2.68. The fourth-order valence-corrected chi connectivity index (χ4v) is 9.53. The zero-order chi connectivity index (χ0) is 56.1. The first-order chi connectivity index (χ1) is 34.3. The molecule has 75 heavy (non-hydrogen) atoms. The van der Waals surface area contributed by atoms with E-state index in [9.17, 15) is 81.4 Å². The summed E-state index contributed by atoms with van der Waals surface area (Å²) in [5.41, 5.74) is -10.1. The predicted molar refractivity (Wildman–Crippen MR) is 242 cm³/mol. The molecular formula is C44H37ClF10N8O10S2. The highest BCUT2D eigenvalue weighted by Crippen LogP contribution is 2.68. The number of aromatic nitrogens is 5. The van der Waals surface area contributed by atoms with Gasteiger partial charge >= 0.3 is 30.3 Å². The standard InChI is InChI=1S/C44H37ClF10N8O10S2/c1-40(2,74(4,70)71)11-10-22-6-7-23(24-8-9-27(45)31-33(24)62(18-42(48,49)50)60-36(31)63(75(5,72)73)39(69)58-41(3,37(65)66)38(67)68)32(56-22)28(14-19-12-20(46)15-21(47)13-19)57-29(64)17-61-35-30(34(59-61)44(53,54)55)25-16-26(25)43(35,51)52/h6-9,12-13,15,25-26,28H,14,16-18H2,1-5H3,(H,57,64)(H,58,69)(H,65,66)(H,67,68)/t25-,26+,28-/m0/s1. The Morgan fingerprint density at radius 1 is 0.907 bits per heavy atom. The van der Waals surface area contributed by atoms with Gasteiger partial charge in [-0.25, -0.2) is 45.0 Å². The number of alkyl halides is 8. The molecule has 0 radical (unpaired) electrons. The largest absolute Gasteiger partial charge is 0.479 e. The zero-order valence-corrected chi connectivity index (χ0v) is 41.3. The van der Waals surface area contributed by atoms with Crippen molar-refractivity contribution in [3.63, 3.8) is 0 Å². The van der Waals surface area contributed by atoms with E-state index in [4.69, 9.17) is 11.6 Å². The number of nitrogens with one attached hydrogen (secondary N) is 2. The summed E-state index contributed by atoms with van der Waals surface area (Å²) in [7, 11) is -9.15. The molecule has 0 unspecified atom stereocenters. The number of urea groups is 1. The van der Waals surface area contributed by atoms with Crippen LogP contribution in [0.15, 0.2) is 42.5 Å². The van der Waals surface area contributed by atoms with Gasteiger partial charge in [0.05, 0.1) is 33.9 Å². The van der Waals surface area contributed by atoms with Crippen molar-refractivity contribution >= 4 is 72.1 Å². The van der Waals surface area contributed by atoms with E-state index in [0.29, 0.717) is 19.2 Å². The molecule has 3 amide bonds. The van der Waals surface area contributed by atoms with Crippen molar-refractivity contribution in [2.24, 2.45) is 5.92 Å². The number of rotatable bonds is 14. The van der Waals surface area contributed by atoms with Gasteiger partial charge in [0.1, 0.15) is 40.9 Å². The molecule has 2 aromatic carbocycles. The first-order valence-electron chi connectivity index (χ1n) is 21.4. The van der Waals surface area contributed by atoms with Crippen molar-refractivity contribution in [3.05, 3.63) is 93.0 Å². The van der Waals surface area contributed by atoms with Gasteiger partial charge in [-0.1, -0.05) is 23.6 Å². The second-order valence-corrected chi connectivity index (χ2v) is 23.0. The molecule has 402 valence electrons. The van der Waals surface area contributed by atoms with E-state index in [1.54, 1.807) is 0 Å². The third kappa shape index (κ3) is 10.8. The molecule has 2 aliphatic rings. The van der Waals surface area contributed by atoms with Crippen LogP contribution in [0.1, 0.15) is 73.1 Å². The molecule has 3 heterocycles. The number of fused-ring (bicyclic) bond motifs is 4. The Hall–Kier alpha value is -7.00.